The lowest BCUT2D eigenvalue weighted by molar-refractivity contribution is 0.0788. The van der Waals surface area contributed by atoms with E-state index in [9.17, 15) is 4.79 Å². The molecule has 0 radical (unpaired) electrons. The van der Waals surface area contributed by atoms with Crippen molar-refractivity contribution in [2.45, 2.75) is 17.7 Å². The smallest absolute Gasteiger partial charge is 0.287 e. The Balaban J connectivity index is 1.69. The molecule has 1 aromatic rings. The molecule has 1 N–H and O–H groups in total. The molecule has 0 saturated carbocycles. The van der Waals surface area contributed by atoms with Crippen molar-refractivity contribution in [2.75, 3.05) is 11.5 Å². The highest BCUT2D eigenvalue weighted by atomic mass is 32.2. The topological polar surface area (TPSA) is 58.4 Å². The highest BCUT2D eigenvalue weighted by Crippen LogP contribution is 2.42. The second-order valence-corrected chi connectivity index (χ2v) is 6.17. The van der Waals surface area contributed by atoms with E-state index in [0.29, 0.717) is 22.2 Å². The minimum absolute atomic E-state index is 0.183. The number of nitrogens with one attached hydrogen (secondary N) is 1. The first kappa shape index (κ1) is 10.5. The molecule has 1 amide bonds. The summed E-state index contributed by atoms with van der Waals surface area (Å²) in [7, 11) is 0. The van der Waals surface area contributed by atoms with Crippen molar-refractivity contribution in [3.8, 4) is 0 Å². The number of amides is 1. The zero-order chi connectivity index (χ0) is 11.1. The first-order valence-electron chi connectivity index (χ1n) is 5.00. The van der Waals surface area contributed by atoms with Crippen LogP contribution in [-0.2, 0) is 0 Å². The predicted octanol–water partition coefficient (Wildman–Crippen LogP) is 1.08. The van der Waals surface area contributed by atoms with Gasteiger partial charge in [-0.05, 0) is 6.92 Å². The van der Waals surface area contributed by atoms with Crippen LogP contribution in [0.5, 0.6) is 0 Å². The lowest BCUT2D eigenvalue weighted by Crippen LogP contribution is -2.45. The van der Waals surface area contributed by atoms with Crippen molar-refractivity contribution in [3.63, 3.8) is 0 Å². The zero-order valence-electron chi connectivity index (χ0n) is 8.67. The number of hydrogen-bond donors (Lipinski definition) is 1. The Labute approximate surface area is 101 Å². The molecule has 2 saturated heterocycles. The van der Waals surface area contributed by atoms with Gasteiger partial charge in [0.15, 0.2) is 5.69 Å². The summed E-state index contributed by atoms with van der Waals surface area (Å²) in [6.45, 7) is 1.77. The van der Waals surface area contributed by atoms with Gasteiger partial charge in [-0.15, -0.1) is 23.5 Å². The van der Waals surface area contributed by atoms with E-state index in [1.807, 2.05) is 28.5 Å². The number of rotatable bonds is 2. The molecule has 16 heavy (non-hydrogen) atoms. The Kier molecular flexibility index (Phi) is 2.61. The van der Waals surface area contributed by atoms with Gasteiger partial charge >= 0.3 is 0 Å². The van der Waals surface area contributed by atoms with Crippen LogP contribution >= 0.6 is 23.5 Å². The molecule has 1 aromatic heterocycles. The molecular formula is C9H11N3O2S2. The van der Waals surface area contributed by atoms with Crippen LogP contribution < -0.4 is 5.43 Å². The van der Waals surface area contributed by atoms with E-state index in [0.717, 1.165) is 11.5 Å². The maximum absolute atomic E-state index is 11.8. The number of carbonyl (C=O) groups is 1. The molecule has 3 rings (SSSR count). The maximum atomic E-state index is 11.8. The van der Waals surface area contributed by atoms with Gasteiger partial charge in [-0.1, -0.05) is 5.16 Å². The van der Waals surface area contributed by atoms with Crippen LogP contribution in [-0.4, -0.2) is 38.3 Å². The van der Waals surface area contributed by atoms with Crippen molar-refractivity contribution >= 4 is 29.4 Å². The molecule has 0 unspecified atom stereocenters. The molecule has 86 valence electrons. The van der Waals surface area contributed by atoms with Crippen LogP contribution in [0.4, 0.5) is 0 Å². The van der Waals surface area contributed by atoms with E-state index in [-0.39, 0.29) is 5.91 Å². The third-order valence-electron chi connectivity index (χ3n) is 2.57. The standard InChI is InChI=1S/C9H11N3O2S2/c1-5-2-6(11-14-5)9(13)10-12-7-3-15-8(12)4-16-7/h2,7-8H,3-4H2,1H3,(H,10,13)/t7-,8-/m0/s1. The number of hydrazine groups is 1. The van der Waals surface area contributed by atoms with Crippen LogP contribution in [0.15, 0.2) is 10.6 Å². The fraction of sp³-hybridized carbons (Fsp3) is 0.556. The molecule has 2 bridgehead atoms. The summed E-state index contributed by atoms with van der Waals surface area (Å²) >= 11 is 3.78. The van der Waals surface area contributed by atoms with Crippen LogP contribution in [0.1, 0.15) is 16.2 Å². The summed E-state index contributed by atoms with van der Waals surface area (Å²) < 4.78 is 4.88. The number of thioether (sulfide) groups is 2. The van der Waals surface area contributed by atoms with Gasteiger partial charge in [-0.25, -0.2) is 0 Å². The third kappa shape index (κ3) is 1.72. The number of aromatic nitrogens is 1. The number of nitrogens with zero attached hydrogens (tertiary/aromatic N) is 2. The molecular weight excluding hydrogens is 246 g/mol. The fourth-order valence-electron chi connectivity index (χ4n) is 1.78. The first-order chi connectivity index (χ1) is 7.74. The Hall–Kier alpha value is -0.660. The van der Waals surface area contributed by atoms with Crippen molar-refractivity contribution in [1.82, 2.24) is 15.6 Å². The van der Waals surface area contributed by atoms with Gasteiger partial charge in [0.25, 0.3) is 5.91 Å². The number of aryl methyl sites for hydroxylation is 1. The van der Waals surface area contributed by atoms with E-state index >= 15 is 0 Å². The monoisotopic (exact) mass is 257 g/mol. The van der Waals surface area contributed by atoms with Gasteiger partial charge in [0.2, 0.25) is 0 Å². The molecule has 7 heteroatoms. The normalized spacial score (nSPS) is 28.6. The summed E-state index contributed by atoms with van der Waals surface area (Å²) in [6.07, 6.45) is 0. The largest absolute Gasteiger partial charge is 0.361 e. The fourth-order valence-corrected chi connectivity index (χ4v) is 4.92. The van der Waals surface area contributed by atoms with Crippen LogP contribution in [0, 0.1) is 6.92 Å². The molecule has 2 aliphatic rings. The zero-order valence-corrected chi connectivity index (χ0v) is 10.3. The summed E-state index contributed by atoms with van der Waals surface area (Å²) in [6, 6.07) is 1.65. The third-order valence-corrected chi connectivity index (χ3v) is 5.57. The quantitative estimate of drug-likeness (QED) is 0.855. The van der Waals surface area contributed by atoms with E-state index in [1.165, 1.54) is 0 Å². The SMILES string of the molecule is Cc1cc(C(=O)NN2[C@@H]3CS[C@H]2CS3)no1. The minimum Gasteiger partial charge on any atom is -0.361 e. The highest BCUT2D eigenvalue weighted by Gasteiger charge is 2.42. The van der Waals surface area contributed by atoms with Crippen molar-refractivity contribution in [2.24, 2.45) is 0 Å². The average molecular weight is 257 g/mol. The molecule has 2 aliphatic heterocycles. The van der Waals surface area contributed by atoms with Gasteiger partial charge in [0.1, 0.15) is 5.76 Å². The molecule has 2 atom stereocenters. The second-order valence-electron chi connectivity index (χ2n) is 3.75. The Morgan fingerprint density at radius 2 is 2.25 bits per heavy atom. The Morgan fingerprint density at radius 3 is 2.75 bits per heavy atom. The van der Waals surface area contributed by atoms with Gasteiger partial charge in [-0.3, -0.25) is 10.2 Å². The molecule has 0 spiro atoms. The Bertz CT molecular complexity index is 403. The molecule has 0 aliphatic carbocycles. The van der Waals surface area contributed by atoms with Crippen molar-refractivity contribution in [1.29, 1.82) is 0 Å². The lowest BCUT2D eigenvalue weighted by atomic mass is 10.4. The summed E-state index contributed by atoms with van der Waals surface area (Å²) in [5, 5.41) is 6.55. The number of hydrogen-bond acceptors (Lipinski definition) is 6. The number of fused-ring (bicyclic) bond motifs is 2. The summed E-state index contributed by atoms with van der Waals surface area (Å²) in [5.41, 5.74) is 3.25. The van der Waals surface area contributed by atoms with Gasteiger partial charge in [0.05, 0.1) is 10.7 Å². The van der Waals surface area contributed by atoms with E-state index < -0.39 is 0 Å². The lowest BCUT2D eigenvalue weighted by Gasteiger charge is -2.19. The van der Waals surface area contributed by atoms with Crippen LogP contribution in [0.25, 0.3) is 0 Å². The summed E-state index contributed by atoms with van der Waals surface area (Å²) in [4.78, 5) is 11.8. The minimum atomic E-state index is -0.183. The predicted molar refractivity (Wildman–Crippen MR) is 63.0 cm³/mol. The molecule has 0 aromatic carbocycles. The second kappa shape index (κ2) is 3.97. The molecule has 3 heterocycles. The van der Waals surface area contributed by atoms with Gasteiger partial charge < -0.3 is 4.52 Å². The van der Waals surface area contributed by atoms with Crippen molar-refractivity contribution in [3.05, 3.63) is 17.5 Å². The maximum Gasteiger partial charge on any atom is 0.287 e. The van der Waals surface area contributed by atoms with Crippen LogP contribution in [0.2, 0.25) is 0 Å². The number of carbonyl (C=O) groups excluding carboxylic acids is 1. The van der Waals surface area contributed by atoms with Crippen LogP contribution in [0.3, 0.4) is 0 Å². The van der Waals surface area contributed by atoms with Gasteiger partial charge in [-0.2, -0.15) is 5.01 Å². The average Bonchev–Trinajstić information content (AvgIpc) is 2.95. The highest BCUT2D eigenvalue weighted by molar-refractivity contribution is 8.07. The van der Waals surface area contributed by atoms with Crippen molar-refractivity contribution < 1.29 is 9.32 Å². The molecule has 5 nitrogen and oxygen atoms in total. The van der Waals surface area contributed by atoms with E-state index in [2.05, 4.69) is 10.6 Å². The first-order valence-corrected chi connectivity index (χ1v) is 7.09. The van der Waals surface area contributed by atoms with E-state index in [4.69, 9.17) is 4.52 Å². The Morgan fingerprint density at radius 1 is 1.56 bits per heavy atom. The molecule has 2 fully saturated rings. The van der Waals surface area contributed by atoms with Gasteiger partial charge in [0, 0.05) is 17.6 Å². The van der Waals surface area contributed by atoms with E-state index in [1.54, 1.807) is 13.0 Å². The summed E-state index contributed by atoms with van der Waals surface area (Å²) in [5.74, 6) is 2.62.